The average molecular weight is 317 g/mol. The van der Waals surface area contributed by atoms with Gasteiger partial charge in [0, 0.05) is 16.3 Å². The number of carbonyl (C=O) groups excluding carboxylic acids is 1. The van der Waals surface area contributed by atoms with Gasteiger partial charge in [-0.3, -0.25) is 4.79 Å². The van der Waals surface area contributed by atoms with Crippen molar-refractivity contribution in [2.75, 3.05) is 16.8 Å². The molecule has 0 radical (unpaired) electrons. The summed E-state index contributed by atoms with van der Waals surface area (Å²) in [6.45, 7) is 2.05. The van der Waals surface area contributed by atoms with Crippen molar-refractivity contribution < 1.29 is 4.79 Å². The summed E-state index contributed by atoms with van der Waals surface area (Å²) in [5, 5.41) is 2.85. The van der Waals surface area contributed by atoms with Gasteiger partial charge in [-0.2, -0.15) is 11.8 Å². The van der Waals surface area contributed by atoms with Crippen molar-refractivity contribution in [1.82, 2.24) is 0 Å². The van der Waals surface area contributed by atoms with Crippen molar-refractivity contribution in [3.8, 4) is 0 Å². The van der Waals surface area contributed by atoms with Gasteiger partial charge in [0.2, 0.25) is 5.91 Å². The quantitative estimate of drug-likeness (QED) is 0.848. The maximum Gasteiger partial charge on any atom is 0.234 e. The van der Waals surface area contributed by atoms with E-state index >= 15 is 0 Å². The number of rotatable bonds is 6. The Morgan fingerprint density at radius 1 is 1.53 bits per heavy atom. The van der Waals surface area contributed by atoms with Crippen molar-refractivity contribution in [3.05, 3.63) is 28.7 Å². The maximum atomic E-state index is 11.6. The van der Waals surface area contributed by atoms with Crippen LogP contribution in [-0.2, 0) is 4.79 Å². The molecule has 1 rings (SSSR count). The monoisotopic (exact) mass is 316 g/mol. The van der Waals surface area contributed by atoms with Crippen molar-refractivity contribution in [2.24, 2.45) is 5.73 Å². The number of hydrogen-bond acceptors (Lipinski definition) is 3. The molecule has 1 atom stereocenters. The van der Waals surface area contributed by atoms with E-state index < -0.39 is 0 Å². The van der Waals surface area contributed by atoms with Gasteiger partial charge in [-0.15, -0.1) is 0 Å². The average Bonchev–Trinajstić information content (AvgIpc) is 2.32. The number of hydrogen-bond donors (Lipinski definition) is 2. The summed E-state index contributed by atoms with van der Waals surface area (Å²) in [6, 6.07) is 7.74. The van der Waals surface area contributed by atoms with E-state index in [0.29, 0.717) is 5.75 Å². The number of para-hydroxylation sites is 1. The first-order valence-corrected chi connectivity index (χ1v) is 7.46. The summed E-state index contributed by atoms with van der Waals surface area (Å²) in [5.41, 5.74) is 6.58. The number of anilines is 1. The van der Waals surface area contributed by atoms with Gasteiger partial charge in [-0.05, 0) is 34.5 Å². The van der Waals surface area contributed by atoms with Gasteiger partial charge < -0.3 is 11.1 Å². The summed E-state index contributed by atoms with van der Waals surface area (Å²) in [7, 11) is 0. The standard InChI is InChI=1S/C12H17BrN2OS/c1-2-9(14)7-17-8-12(16)15-11-6-4-3-5-10(11)13/h3-6,9H,2,7-8,14H2,1H3,(H,15,16). The molecule has 0 saturated carbocycles. The minimum atomic E-state index is 0.00482. The predicted molar refractivity (Wildman–Crippen MR) is 78.4 cm³/mol. The first-order chi connectivity index (χ1) is 8.13. The lowest BCUT2D eigenvalue weighted by atomic mass is 10.3. The number of thioether (sulfide) groups is 1. The first kappa shape index (κ1) is 14.5. The van der Waals surface area contributed by atoms with Crippen molar-refractivity contribution in [3.63, 3.8) is 0 Å². The second-order valence-electron chi connectivity index (χ2n) is 3.71. The van der Waals surface area contributed by atoms with Gasteiger partial charge in [0.25, 0.3) is 0 Å². The van der Waals surface area contributed by atoms with Gasteiger partial charge in [0.15, 0.2) is 0 Å². The van der Waals surface area contributed by atoms with Crippen LogP contribution in [0.5, 0.6) is 0 Å². The van der Waals surface area contributed by atoms with Crippen molar-refractivity contribution >= 4 is 39.3 Å². The van der Waals surface area contributed by atoms with E-state index in [4.69, 9.17) is 5.73 Å². The summed E-state index contributed by atoms with van der Waals surface area (Å²) < 4.78 is 0.892. The number of halogens is 1. The molecule has 1 aromatic carbocycles. The molecule has 0 saturated heterocycles. The SMILES string of the molecule is CCC(N)CSCC(=O)Nc1ccccc1Br. The Morgan fingerprint density at radius 2 is 2.24 bits per heavy atom. The highest BCUT2D eigenvalue weighted by molar-refractivity contribution is 9.10. The lowest BCUT2D eigenvalue weighted by molar-refractivity contribution is -0.113. The molecule has 17 heavy (non-hydrogen) atoms. The topological polar surface area (TPSA) is 55.1 Å². The highest BCUT2D eigenvalue weighted by atomic mass is 79.9. The molecular formula is C12H17BrN2OS. The minimum Gasteiger partial charge on any atom is -0.327 e. The smallest absolute Gasteiger partial charge is 0.234 e. The third kappa shape index (κ3) is 5.57. The van der Waals surface area contributed by atoms with Crippen LogP contribution in [-0.4, -0.2) is 23.5 Å². The van der Waals surface area contributed by atoms with Gasteiger partial charge in [-0.25, -0.2) is 0 Å². The Balaban J connectivity index is 2.33. The number of nitrogens with two attached hydrogens (primary N) is 1. The molecule has 94 valence electrons. The minimum absolute atomic E-state index is 0.00482. The van der Waals surface area contributed by atoms with E-state index in [2.05, 4.69) is 21.2 Å². The van der Waals surface area contributed by atoms with Crippen LogP contribution in [0, 0.1) is 0 Å². The van der Waals surface area contributed by atoms with Gasteiger partial charge in [-0.1, -0.05) is 19.1 Å². The van der Waals surface area contributed by atoms with Crippen LogP contribution >= 0.6 is 27.7 Å². The van der Waals surface area contributed by atoms with Crippen LogP contribution < -0.4 is 11.1 Å². The molecule has 0 aliphatic rings. The second kappa shape index (κ2) is 7.74. The fourth-order valence-electron chi connectivity index (χ4n) is 1.17. The zero-order valence-electron chi connectivity index (χ0n) is 9.78. The summed E-state index contributed by atoms with van der Waals surface area (Å²) >= 11 is 4.95. The fourth-order valence-corrected chi connectivity index (χ4v) is 2.47. The van der Waals surface area contributed by atoms with Crippen LogP contribution in [0.1, 0.15) is 13.3 Å². The van der Waals surface area contributed by atoms with Crippen LogP contribution in [0.2, 0.25) is 0 Å². The fraction of sp³-hybridized carbons (Fsp3) is 0.417. The maximum absolute atomic E-state index is 11.6. The van der Waals surface area contributed by atoms with Gasteiger partial charge in [0.05, 0.1) is 11.4 Å². The molecule has 0 aliphatic heterocycles. The van der Waals surface area contributed by atoms with E-state index in [-0.39, 0.29) is 11.9 Å². The second-order valence-corrected chi connectivity index (χ2v) is 5.60. The number of amides is 1. The molecular weight excluding hydrogens is 300 g/mol. The Bertz CT molecular complexity index is 373. The molecule has 0 heterocycles. The Kier molecular flexibility index (Phi) is 6.62. The zero-order valence-corrected chi connectivity index (χ0v) is 12.2. The van der Waals surface area contributed by atoms with Gasteiger partial charge >= 0.3 is 0 Å². The molecule has 1 amide bonds. The molecule has 0 aromatic heterocycles. The Labute approximate surface area is 115 Å². The molecule has 3 N–H and O–H groups in total. The van der Waals surface area contributed by atoms with Crippen LogP contribution in [0.4, 0.5) is 5.69 Å². The molecule has 0 spiro atoms. The van der Waals surface area contributed by atoms with Crippen molar-refractivity contribution in [2.45, 2.75) is 19.4 Å². The van der Waals surface area contributed by atoms with Crippen molar-refractivity contribution in [1.29, 1.82) is 0 Å². The van der Waals surface area contributed by atoms with E-state index in [0.717, 1.165) is 22.3 Å². The third-order valence-corrected chi connectivity index (χ3v) is 4.06. The normalized spacial score (nSPS) is 12.2. The first-order valence-electron chi connectivity index (χ1n) is 5.51. The molecule has 3 nitrogen and oxygen atoms in total. The molecule has 5 heteroatoms. The van der Waals surface area contributed by atoms with E-state index in [1.54, 1.807) is 11.8 Å². The van der Waals surface area contributed by atoms with E-state index in [1.165, 1.54) is 0 Å². The van der Waals surface area contributed by atoms with Crippen LogP contribution in [0.25, 0.3) is 0 Å². The van der Waals surface area contributed by atoms with Crippen LogP contribution in [0.15, 0.2) is 28.7 Å². The molecule has 0 fully saturated rings. The summed E-state index contributed by atoms with van der Waals surface area (Å²) in [5.74, 6) is 1.26. The molecule has 0 aliphatic carbocycles. The van der Waals surface area contributed by atoms with E-state index in [1.807, 2.05) is 31.2 Å². The highest BCUT2D eigenvalue weighted by Gasteiger charge is 2.06. The number of benzene rings is 1. The summed E-state index contributed by atoms with van der Waals surface area (Å²) in [4.78, 5) is 11.6. The highest BCUT2D eigenvalue weighted by Crippen LogP contribution is 2.21. The largest absolute Gasteiger partial charge is 0.327 e. The zero-order chi connectivity index (χ0) is 12.7. The number of carbonyl (C=O) groups is 1. The predicted octanol–water partition coefficient (Wildman–Crippen LogP) is 2.86. The summed E-state index contributed by atoms with van der Waals surface area (Å²) in [6.07, 6.45) is 0.943. The molecule has 1 unspecified atom stereocenters. The lowest BCUT2D eigenvalue weighted by Gasteiger charge is -2.09. The molecule has 1 aromatic rings. The van der Waals surface area contributed by atoms with Crippen LogP contribution in [0.3, 0.4) is 0 Å². The third-order valence-electron chi connectivity index (χ3n) is 2.24. The lowest BCUT2D eigenvalue weighted by Crippen LogP contribution is -2.23. The Morgan fingerprint density at radius 3 is 2.88 bits per heavy atom. The number of nitrogens with one attached hydrogen (secondary N) is 1. The molecule has 0 bridgehead atoms. The van der Waals surface area contributed by atoms with E-state index in [9.17, 15) is 4.79 Å². The van der Waals surface area contributed by atoms with Gasteiger partial charge in [0.1, 0.15) is 0 Å². The Hall–Kier alpha value is -0.520.